The van der Waals surface area contributed by atoms with E-state index >= 15 is 0 Å². The van der Waals surface area contributed by atoms with Crippen LogP contribution < -0.4 is 0 Å². The third-order valence-electron chi connectivity index (χ3n) is 4.50. The highest BCUT2D eigenvalue weighted by molar-refractivity contribution is 6.12. The fourth-order valence-electron chi connectivity index (χ4n) is 3.44. The topological polar surface area (TPSA) is 84.2 Å². The molecule has 0 bridgehead atoms. The maximum Gasteiger partial charge on any atom is 0.355 e. The van der Waals surface area contributed by atoms with Crippen molar-refractivity contribution in [1.82, 2.24) is 9.97 Å². The highest BCUT2D eigenvalue weighted by Crippen LogP contribution is 2.34. The molecule has 132 valence electrons. The molecule has 0 fully saturated rings. The van der Waals surface area contributed by atoms with Crippen LogP contribution in [0.2, 0.25) is 0 Å². The number of hydrogen-bond donors (Lipinski definition) is 2. The Hall–Kier alpha value is -2.76. The predicted molar refractivity (Wildman–Crippen MR) is 96.3 cm³/mol. The van der Waals surface area contributed by atoms with Gasteiger partial charge in [0.1, 0.15) is 5.69 Å². The molecule has 0 unspecified atom stereocenters. The van der Waals surface area contributed by atoms with Crippen molar-refractivity contribution in [3.05, 3.63) is 34.1 Å². The molecule has 0 aliphatic rings. The number of ether oxygens (including phenoxy) is 2. The molecule has 6 nitrogen and oxygen atoms in total. The van der Waals surface area contributed by atoms with Gasteiger partial charge in [0.25, 0.3) is 0 Å². The van der Waals surface area contributed by atoms with Crippen molar-refractivity contribution in [3.8, 4) is 0 Å². The summed E-state index contributed by atoms with van der Waals surface area (Å²) in [5, 5.41) is 1.75. The van der Waals surface area contributed by atoms with E-state index in [0.717, 1.165) is 38.6 Å². The van der Waals surface area contributed by atoms with E-state index < -0.39 is 0 Å². The largest absolute Gasteiger partial charge is 0.462 e. The quantitative estimate of drug-likeness (QED) is 0.704. The number of carbonyl (C=O) groups excluding carboxylic acids is 2. The van der Waals surface area contributed by atoms with E-state index in [1.807, 2.05) is 26.8 Å². The number of hydrogen-bond acceptors (Lipinski definition) is 4. The summed E-state index contributed by atoms with van der Waals surface area (Å²) in [5.41, 5.74) is 5.26. The molecular weight excluding hydrogens is 320 g/mol. The number of carbonyl (C=O) groups is 2. The summed E-state index contributed by atoms with van der Waals surface area (Å²) < 4.78 is 10.3. The van der Waals surface area contributed by atoms with Gasteiger partial charge < -0.3 is 19.4 Å². The van der Waals surface area contributed by atoms with Crippen molar-refractivity contribution in [2.75, 3.05) is 13.2 Å². The second-order valence-corrected chi connectivity index (χ2v) is 6.04. The molecule has 2 N–H and O–H groups in total. The molecule has 1 aromatic carbocycles. The Morgan fingerprint density at radius 3 is 2.24 bits per heavy atom. The second-order valence-electron chi connectivity index (χ2n) is 6.04. The normalized spacial score (nSPS) is 11.2. The Morgan fingerprint density at radius 2 is 1.60 bits per heavy atom. The van der Waals surface area contributed by atoms with Crippen LogP contribution in [0, 0.1) is 20.8 Å². The van der Waals surface area contributed by atoms with Gasteiger partial charge in [0.2, 0.25) is 0 Å². The lowest BCUT2D eigenvalue weighted by Gasteiger charge is -2.04. The number of esters is 2. The Balaban J connectivity index is 2.29. The monoisotopic (exact) mass is 342 g/mol. The molecular formula is C19H22N2O4. The summed E-state index contributed by atoms with van der Waals surface area (Å²) in [6.45, 7) is 9.93. The lowest BCUT2D eigenvalue weighted by Crippen LogP contribution is -2.06. The highest BCUT2D eigenvalue weighted by Gasteiger charge is 2.23. The van der Waals surface area contributed by atoms with Crippen LogP contribution in [0.5, 0.6) is 0 Å². The summed E-state index contributed by atoms with van der Waals surface area (Å²) in [6.07, 6.45) is 0. The molecule has 0 aliphatic carbocycles. The van der Waals surface area contributed by atoms with Gasteiger partial charge in [-0.05, 0) is 51.8 Å². The average molecular weight is 342 g/mol. The van der Waals surface area contributed by atoms with E-state index in [-0.39, 0.29) is 11.9 Å². The Kier molecular flexibility index (Phi) is 4.29. The van der Waals surface area contributed by atoms with Crippen molar-refractivity contribution in [2.45, 2.75) is 34.6 Å². The van der Waals surface area contributed by atoms with Crippen LogP contribution in [0.15, 0.2) is 6.07 Å². The summed E-state index contributed by atoms with van der Waals surface area (Å²) in [5.74, 6) is -0.722. The zero-order chi connectivity index (χ0) is 18.3. The maximum atomic E-state index is 12.3. The molecule has 0 aliphatic heterocycles. The SMILES string of the molecule is CCOC(=O)c1[nH]c2cc3c(C(=O)OCC)c(C)[nH]c3c(C)c2c1C. The van der Waals surface area contributed by atoms with Gasteiger partial charge >= 0.3 is 11.9 Å². The lowest BCUT2D eigenvalue weighted by atomic mass is 10.0. The summed E-state index contributed by atoms with van der Waals surface area (Å²) in [7, 11) is 0. The third kappa shape index (κ3) is 2.58. The van der Waals surface area contributed by atoms with E-state index in [4.69, 9.17) is 9.47 Å². The molecule has 0 atom stereocenters. The molecule has 2 aromatic heterocycles. The Bertz CT molecular complexity index is 994. The molecule has 3 aromatic rings. The summed E-state index contributed by atoms with van der Waals surface area (Å²) in [6, 6.07) is 1.89. The molecule has 3 rings (SSSR count). The number of aromatic amines is 2. The van der Waals surface area contributed by atoms with Crippen LogP contribution in [0.25, 0.3) is 21.8 Å². The number of aromatic nitrogens is 2. The van der Waals surface area contributed by atoms with Crippen LogP contribution in [-0.4, -0.2) is 35.1 Å². The van der Waals surface area contributed by atoms with Gasteiger partial charge in [0, 0.05) is 22.0 Å². The number of H-pyrrole nitrogens is 2. The zero-order valence-corrected chi connectivity index (χ0v) is 15.1. The number of aryl methyl sites for hydroxylation is 3. The van der Waals surface area contributed by atoms with Crippen LogP contribution in [0.4, 0.5) is 0 Å². The molecule has 0 saturated heterocycles. The average Bonchev–Trinajstić information content (AvgIpc) is 3.06. The lowest BCUT2D eigenvalue weighted by molar-refractivity contribution is 0.0513. The molecule has 0 amide bonds. The predicted octanol–water partition coefficient (Wildman–Crippen LogP) is 3.93. The first-order chi connectivity index (χ1) is 11.9. The number of nitrogens with one attached hydrogen (secondary N) is 2. The molecule has 0 spiro atoms. The maximum absolute atomic E-state index is 12.3. The van der Waals surface area contributed by atoms with Crippen molar-refractivity contribution in [1.29, 1.82) is 0 Å². The van der Waals surface area contributed by atoms with Crippen LogP contribution in [0.1, 0.15) is 51.5 Å². The number of rotatable bonds is 4. The first-order valence-electron chi connectivity index (χ1n) is 8.39. The fraction of sp³-hybridized carbons (Fsp3) is 0.368. The molecule has 6 heteroatoms. The minimum atomic E-state index is -0.374. The Labute approximate surface area is 145 Å². The van der Waals surface area contributed by atoms with Gasteiger partial charge in [-0.25, -0.2) is 9.59 Å². The smallest absolute Gasteiger partial charge is 0.355 e. The minimum absolute atomic E-state index is 0.319. The minimum Gasteiger partial charge on any atom is -0.462 e. The Morgan fingerprint density at radius 1 is 0.960 bits per heavy atom. The van der Waals surface area contributed by atoms with Crippen molar-refractivity contribution in [3.63, 3.8) is 0 Å². The first kappa shape index (κ1) is 17.1. The van der Waals surface area contributed by atoms with E-state index in [2.05, 4.69) is 9.97 Å². The van der Waals surface area contributed by atoms with Gasteiger partial charge in [-0.15, -0.1) is 0 Å². The van der Waals surface area contributed by atoms with Crippen LogP contribution >= 0.6 is 0 Å². The molecule has 0 saturated carbocycles. The fourth-order valence-corrected chi connectivity index (χ4v) is 3.44. The number of benzene rings is 1. The highest BCUT2D eigenvalue weighted by atomic mass is 16.5. The van der Waals surface area contributed by atoms with E-state index in [0.29, 0.717) is 24.5 Å². The number of fused-ring (bicyclic) bond motifs is 2. The second kappa shape index (κ2) is 6.27. The van der Waals surface area contributed by atoms with Crippen molar-refractivity contribution in [2.24, 2.45) is 0 Å². The molecule has 25 heavy (non-hydrogen) atoms. The first-order valence-corrected chi connectivity index (χ1v) is 8.39. The van der Waals surface area contributed by atoms with Gasteiger partial charge in [-0.1, -0.05) is 0 Å². The van der Waals surface area contributed by atoms with Gasteiger partial charge in [0.15, 0.2) is 0 Å². The van der Waals surface area contributed by atoms with Crippen molar-refractivity contribution >= 4 is 33.7 Å². The summed E-state index contributed by atoms with van der Waals surface area (Å²) >= 11 is 0. The summed E-state index contributed by atoms with van der Waals surface area (Å²) in [4.78, 5) is 30.9. The zero-order valence-electron chi connectivity index (χ0n) is 15.1. The van der Waals surface area contributed by atoms with E-state index in [1.165, 1.54) is 0 Å². The van der Waals surface area contributed by atoms with Crippen molar-refractivity contribution < 1.29 is 19.1 Å². The van der Waals surface area contributed by atoms with Crippen LogP contribution in [0.3, 0.4) is 0 Å². The van der Waals surface area contributed by atoms with Gasteiger partial charge in [-0.2, -0.15) is 0 Å². The standard InChI is InChI=1S/C19H22N2O4/c1-6-24-18(22)15-11(5)20-16-9(3)14-10(4)17(19(23)25-7-2)21-13(14)8-12(15)16/h8,20-21H,6-7H2,1-5H3. The van der Waals surface area contributed by atoms with E-state index in [9.17, 15) is 9.59 Å². The van der Waals surface area contributed by atoms with Crippen LogP contribution in [-0.2, 0) is 9.47 Å². The third-order valence-corrected chi connectivity index (χ3v) is 4.50. The van der Waals surface area contributed by atoms with E-state index in [1.54, 1.807) is 13.8 Å². The molecule has 0 radical (unpaired) electrons. The molecule has 2 heterocycles. The van der Waals surface area contributed by atoms with Gasteiger partial charge in [0.05, 0.1) is 24.3 Å². The van der Waals surface area contributed by atoms with Gasteiger partial charge in [-0.3, -0.25) is 0 Å².